The molecule has 1 aromatic heterocycles. The van der Waals surface area contributed by atoms with Crippen LogP contribution in [0.3, 0.4) is 0 Å². The SMILES string of the molecule is CCCNC(=O)CNC(=O)c1cc(S)cs1. The molecule has 1 aromatic rings. The highest BCUT2D eigenvalue weighted by Gasteiger charge is 2.09. The lowest BCUT2D eigenvalue weighted by atomic mass is 10.4. The second-order valence-electron chi connectivity index (χ2n) is 3.20. The quantitative estimate of drug-likeness (QED) is 0.697. The predicted molar refractivity (Wildman–Crippen MR) is 67.2 cm³/mol. The molecule has 2 N–H and O–H groups in total. The van der Waals surface area contributed by atoms with E-state index in [0.29, 0.717) is 11.4 Å². The molecule has 0 radical (unpaired) electrons. The normalized spacial score (nSPS) is 9.88. The first-order valence-corrected chi connectivity index (χ1v) is 6.28. The lowest BCUT2D eigenvalue weighted by Crippen LogP contribution is -2.36. The van der Waals surface area contributed by atoms with Crippen molar-refractivity contribution in [2.45, 2.75) is 18.2 Å². The van der Waals surface area contributed by atoms with Gasteiger partial charge in [-0.25, -0.2) is 0 Å². The molecular weight excluding hydrogens is 244 g/mol. The largest absolute Gasteiger partial charge is 0.355 e. The summed E-state index contributed by atoms with van der Waals surface area (Å²) in [5.74, 6) is -0.408. The summed E-state index contributed by atoms with van der Waals surface area (Å²) in [5, 5.41) is 7.00. The standard InChI is InChI=1S/C10H14N2O2S2/c1-2-3-11-9(13)5-12-10(14)8-4-7(15)6-16-8/h4,6,15H,2-3,5H2,1H3,(H,11,13)(H,12,14). The smallest absolute Gasteiger partial charge is 0.261 e. The van der Waals surface area contributed by atoms with E-state index in [1.165, 1.54) is 11.3 Å². The summed E-state index contributed by atoms with van der Waals surface area (Å²) in [5.41, 5.74) is 0. The molecule has 88 valence electrons. The van der Waals surface area contributed by atoms with E-state index in [1.807, 2.05) is 6.92 Å². The molecule has 0 spiro atoms. The van der Waals surface area contributed by atoms with Gasteiger partial charge in [-0.15, -0.1) is 24.0 Å². The average Bonchev–Trinajstić information content (AvgIpc) is 2.69. The Balaban J connectivity index is 2.33. The minimum Gasteiger partial charge on any atom is -0.355 e. The van der Waals surface area contributed by atoms with Gasteiger partial charge in [-0.2, -0.15) is 0 Å². The molecule has 0 aromatic carbocycles. The van der Waals surface area contributed by atoms with Crippen molar-refractivity contribution < 1.29 is 9.59 Å². The van der Waals surface area contributed by atoms with Crippen molar-refractivity contribution in [2.75, 3.05) is 13.1 Å². The van der Waals surface area contributed by atoms with Gasteiger partial charge in [0.15, 0.2) is 0 Å². The van der Waals surface area contributed by atoms with Crippen molar-refractivity contribution in [3.8, 4) is 0 Å². The van der Waals surface area contributed by atoms with Crippen molar-refractivity contribution in [2.24, 2.45) is 0 Å². The summed E-state index contributed by atoms with van der Waals surface area (Å²) in [4.78, 5) is 24.0. The third kappa shape index (κ3) is 4.24. The Morgan fingerprint density at radius 1 is 1.44 bits per heavy atom. The van der Waals surface area contributed by atoms with Crippen molar-refractivity contribution in [3.05, 3.63) is 16.3 Å². The highest BCUT2D eigenvalue weighted by molar-refractivity contribution is 7.80. The summed E-state index contributed by atoms with van der Waals surface area (Å²) in [6.07, 6.45) is 0.883. The maximum atomic E-state index is 11.5. The highest BCUT2D eigenvalue weighted by atomic mass is 32.1. The Morgan fingerprint density at radius 3 is 2.75 bits per heavy atom. The van der Waals surface area contributed by atoms with Crippen molar-refractivity contribution in [3.63, 3.8) is 0 Å². The molecule has 0 aliphatic heterocycles. The molecular formula is C10H14N2O2S2. The van der Waals surface area contributed by atoms with E-state index in [4.69, 9.17) is 0 Å². The second kappa shape index (κ2) is 6.55. The molecule has 16 heavy (non-hydrogen) atoms. The van der Waals surface area contributed by atoms with Crippen LogP contribution >= 0.6 is 24.0 Å². The molecule has 0 saturated carbocycles. The Hall–Kier alpha value is -1.01. The van der Waals surface area contributed by atoms with Gasteiger partial charge in [-0.05, 0) is 12.5 Å². The fourth-order valence-electron chi connectivity index (χ4n) is 1.02. The van der Waals surface area contributed by atoms with E-state index in [9.17, 15) is 9.59 Å². The molecule has 0 aliphatic carbocycles. The van der Waals surface area contributed by atoms with E-state index >= 15 is 0 Å². The number of nitrogens with one attached hydrogen (secondary N) is 2. The van der Waals surface area contributed by atoms with Gasteiger partial charge in [-0.1, -0.05) is 6.92 Å². The van der Waals surface area contributed by atoms with E-state index in [0.717, 1.165) is 11.3 Å². The molecule has 6 heteroatoms. The van der Waals surface area contributed by atoms with Gasteiger partial charge >= 0.3 is 0 Å². The first kappa shape index (κ1) is 13.1. The minimum atomic E-state index is -0.239. The van der Waals surface area contributed by atoms with Crippen LogP contribution in [0.2, 0.25) is 0 Å². The second-order valence-corrected chi connectivity index (χ2v) is 4.63. The number of hydrogen-bond donors (Lipinski definition) is 3. The molecule has 0 bridgehead atoms. The van der Waals surface area contributed by atoms with Gasteiger partial charge in [0, 0.05) is 16.8 Å². The molecule has 1 heterocycles. The highest BCUT2D eigenvalue weighted by Crippen LogP contribution is 2.16. The first-order valence-electron chi connectivity index (χ1n) is 4.96. The van der Waals surface area contributed by atoms with E-state index in [2.05, 4.69) is 23.3 Å². The molecule has 0 aliphatic rings. The van der Waals surface area contributed by atoms with Crippen LogP contribution in [0.5, 0.6) is 0 Å². The zero-order chi connectivity index (χ0) is 12.0. The maximum Gasteiger partial charge on any atom is 0.261 e. The number of thiol groups is 1. The number of hydrogen-bond acceptors (Lipinski definition) is 4. The fourth-order valence-corrected chi connectivity index (χ4v) is 2.08. The molecule has 1 rings (SSSR count). The zero-order valence-electron chi connectivity index (χ0n) is 8.95. The number of amides is 2. The summed E-state index contributed by atoms with van der Waals surface area (Å²) in [6.45, 7) is 2.62. The first-order chi connectivity index (χ1) is 7.63. The van der Waals surface area contributed by atoms with Crippen LogP contribution in [0.1, 0.15) is 23.0 Å². The molecule has 2 amide bonds. The summed E-state index contributed by atoms with van der Waals surface area (Å²) < 4.78 is 0. The van der Waals surface area contributed by atoms with Crippen LogP contribution in [-0.4, -0.2) is 24.9 Å². The Labute approximate surface area is 104 Å². The molecule has 0 fully saturated rings. The van der Waals surface area contributed by atoms with Gasteiger partial charge in [0.2, 0.25) is 5.91 Å². The van der Waals surface area contributed by atoms with E-state index < -0.39 is 0 Å². The average molecular weight is 258 g/mol. The van der Waals surface area contributed by atoms with Gasteiger partial charge in [0.25, 0.3) is 5.91 Å². The predicted octanol–water partition coefficient (Wildman–Crippen LogP) is 1.29. The molecule has 0 saturated heterocycles. The topological polar surface area (TPSA) is 58.2 Å². The Morgan fingerprint density at radius 2 is 2.19 bits per heavy atom. The van der Waals surface area contributed by atoms with Gasteiger partial charge in [0.1, 0.15) is 0 Å². The van der Waals surface area contributed by atoms with E-state index in [1.54, 1.807) is 11.4 Å². The number of thiophene rings is 1. The number of carbonyl (C=O) groups is 2. The van der Waals surface area contributed by atoms with Crippen LogP contribution in [-0.2, 0) is 4.79 Å². The minimum absolute atomic E-state index is 0.0125. The monoisotopic (exact) mass is 258 g/mol. The van der Waals surface area contributed by atoms with Crippen LogP contribution in [0, 0.1) is 0 Å². The third-order valence-electron chi connectivity index (χ3n) is 1.79. The molecule has 0 unspecified atom stereocenters. The van der Waals surface area contributed by atoms with Crippen molar-refractivity contribution in [1.29, 1.82) is 0 Å². The number of carbonyl (C=O) groups excluding carboxylic acids is 2. The summed E-state index contributed by atoms with van der Waals surface area (Å²) >= 11 is 5.41. The lowest BCUT2D eigenvalue weighted by molar-refractivity contribution is -0.120. The molecule has 0 atom stereocenters. The zero-order valence-corrected chi connectivity index (χ0v) is 10.7. The van der Waals surface area contributed by atoms with Crippen LogP contribution < -0.4 is 10.6 Å². The van der Waals surface area contributed by atoms with Gasteiger partial charge < -0.3 is 10.6 Å². The van der Waals surface area contributed by atoms with Crippen molar-refractivity contribution >= 4 is 35.8 Å². The third-order valence-corrected chi connectivity index (χ3v) is 3.15. The van der Waals surface area contributed by atoms with Crippen LogP contribution in [0.4, 0.5) is 0 Å². The molecule has 4 nitrogen and oxygen atoms in total. The van der Waals surface area contributed by atoms with Crippen molar-refractivity contribution in [1.82, 2.24) is 10.6 Å². The number of rotatable bonds is 5. The summed E-state index contributed by atoms with van der Waals surface area (Å²) in [7, 11) is 0. The van der Waals surface area contributed by atoms with Gasteiger partial charge in [0.05, 0.1) is 11.4 Å². The van der Waals surface area contributed by atoms with Gasteiger partial charge in [-0.3, -0.25) is 9.59 Å². The Kier molecular flexibility index (Phi) is 5.34. The van der Waals surface area contributed by atoms with E-state index in [-0.39, 0.29) is 18.4 Å². The Bertz CT molecular complexity index is 377. The van der Waals surface area contributed by atoms with Crippen LogP contribution in [0.25, 0.3) is 0 Å². The summed E-state index contributed by atoms with van der Waals surface area (Å²) in [6, 6.07) is 1.67. The lowest BCUT2D eigenvalue weighted by Gasteiger charge is -2.04. The van der Waals surface area contributed by atoms with Crippen LogP contribution in [0.15, 0.2) is 16.3 Å². The maximum absolute atomic E-state index is 11.5. The fraction of sp³-hybridized carbons (Fsp3) is 0.400.